The first-order valence-electron chi connectivity index (χ1n) is 9.12. The summed E-state index contributed by atoms with van der Waals surface area (Å²) in [5.41, 5.74) is -1.79. The zero-order valence-corrected chi connectivity index (χ0v) is 15.6. The number of aliphatic hydroxyl groups is 1. The molecule has 28 heavy (non-hydrogen) atoms. The van der Waals surface area contributed by atoms with Crippen molar-refractivity contribution >= 4 is 5.91 Å². The van der Waals surface area contributed by atoms with Crippen molar-refractivity contribution < 1.29 is 23.1 Å². The second-order valence-corrected chi connectivity index (χ2v) is 8.17. The summed E-state index contributed by atoms with van der Waals surface area (Å²) in [6.45, 7) is 4.08. The summed E-state index contributed by atoms with van der Waals surface area (Å²) in [5.74, 6) is -0.133. The van der Waals surface area contributed by atoms with Gasteiger partial charge in [0.1, 0.15) is 11.3 Å². The zero-order valence-electron chi connectivity index (χ0n) is 15.6. The van der Waals surface area contributed by atoms with Gasteiger partial charge in [0.05, 0.1) is 23.2 Å². The molecule has 1 saturated heterocycles. The summed E-state index contributed by atoms with van der Waals surface area (Å²) >= 11 is 0. The van der Waals surface area contributed by atoms with Crippen LogP contribution in [0.3, 0.4) is 0 Å². The Bertz CT molecular complexity index is 906. The van der Waals surface area contributed by atoms with Gasteiger partial charge in [-0.2, -0.15) is 13.2 Å². The fraction of sp³-hybridized carbons (Fsp3) is 0.526. The number of aromatic nitrogens is 3. The van der Waals surface area contributed by atoms with Crippen molar-refractivity contribution in [2.75, 3.05) is 13.1 Å². The number of nitrogens with zero attached hydrogens (tertiary/aromatic N) is 4. The number of alkyl halides is 3. The molecule has 2 heterocycles. The largest absolute Gasteiger partial charge is 0.416 e. The number of carbonyl (C=O) groups excluding carboxylic acids is 1. The van der Waals surface area contributed by atoms with E-state index in [0.717, 1.165) is 12.1 Å². The average molecular weight is 394 g/mol. The van der Waals surface area contributed by atoms with Crippen molar-refractivity contribution in [3.63, 3.8) is 0 Å². The van der Waals surface area contributed by atoms with Crippen LogP contribution in [-0.4, -0.2) is 44.0 Å². The number of benzene rings is 1. The summed E-state index contributed by atoms with van der Waals surface area (Å²) in [6.07, 6.45) is -1.66. The van der Waals surface area contributed by atoms with Gasteiger partial charge in [-0.1, -0.05) is 23.4 Å². The van der Waals surface area contributed by atoms with E-state index in [1.807, 2.05) is 0 Å². The summed E-state index contributed by atoms with van der Waals surface area (Å²) < 4.78 is 40.7. The molecule has 0 bridgehead atoms. The molecule has 0 radical (unpaired) electrons. The van der Waals surface area contributed by atoms with Gasteiger partial charge in [-0.15, -0.1) is 5.10 Å². The van der Waals surface area contributed by atoms with Gasteiger partial charge < -0.3 is 10.0 Å². The number of rotatable bonds is 4. The van der Waals surface area contributed by atoms with Gasteiger partial charge >= 0.3 is 6.18 Å². The van der Waals surface area contributed by atoms with E-state index in [4.69, 9.17) is 0 Å². The first-order valence-corrected chi connectivity index (χ1v) is 9.12. The molecule has 150 valence electrons. The highest BCUT2D eigenvalue weighted by Gasteiger charge is 2.55. The lowest BCUT2D eigenvalue weighted by Crippen LogP contribution is -2.54. The van der Waals surface area contributed by atoms with Crippen LogP contribution in [0.4, 0.5) is 13.2 Å². The maximum Gasteiger partial charge on any atom is 0.416 e. The molecule has 2 aliphatic rings. The molecular weight excluding hydrogens is 373 g/mol. The highest BCUT2D eigenvalue weighted by Crippen LogP contribution is 2.51. The number of hydrogen-bond acceptors (Lipinski definition) is 4. The maximum atomic E-state index is 13.0. The van der Waals surface area contributed by atoms with E-state index in [1.165, 1.54) is 6.07 Å². The number of hydrogen-bond donors (Lipinski definition) is 1. The van der Waals surface area contributed by atoms with E-state index in [0.29, 0.717) is 37.2 Å². The second-order valence-electron chi connectivity index (χ2n) is 8.17. The SMILES string of the molecule is CC(C)(O)c1cn(C2CN(C(=O)C3(c4cccc(C(F)(F)F)c4)CC3)C2)nn1. The molecule has 1 amide bonds. The van der Waals surface area contributed by atoms with Crippen molar-refractivity contribution in [1.82, 2.24) is 19.9 Å². The van der Waals surface area contributed by atoms with Gasteiger partial charge in [0.25, 0.3) is 0 Å². The van der Waals surface area contributed by atoms with Crippen LogP contribution in [0.2, 0.25) is 0 Å². The topological polar surface area (TPSA) is 71.2 Å². The molecule has 0 unspecified atom stereocenters. The molecule has 1 aromatic heterocycles. The van der Waals surface area contributed by atoms with E-state index in [-0.39, 0.29) is 11.9 Å². The molecule has 1 aliphatic carbocycles. The highest BCUT2D eigenvalue weighted by atomic mass is 19.4. The molecule has 0 spiro atoms. The summed E-state index contributed by atoms with van der Waals surface area (Å²) in [5, 5.41) is 17.9. The van der Waals surface area contributed by atoms with Crippen molar-refractivity contribution in [3.8, 4) is 0 Å². The van der Waals surface area contributed by atoms with Crippen molar-refractivity contribution in [2.45, 2.75) is 49.9 Å². The lowest BCUT2D eigenvalue weighted by Gasteiger charge is -2.41. The average Bonchev–Trinajstić information content (AvgIpc) is 3.23. The van der Waals surface area contributed by atoms with E-state index in [2.05, 4.69) is 10.3 Å². The molecular formula is C19H21F3N4O2. The Hall–Kier alpha value is -2.42. The van der Waals surface area contributed by atoms with E-state index in [9.17, 15) is 23.1 Å². The van der Waals surface area contributed by atoms with Crippen LogP contribution in [0.1, 0.15) is 49.6 Å². The minimum absolute atomic E-state index is 0.0511. The monoisotopic (exact) mass is 394 g/mol. The Labute approximate surface area is 159 Å². The van der Waals surface area contributed by atoms with Crippen LogP contribution in [0.15, 0.2) is 30.5 Å². The Morgan fingerprint density at radius 3 is 2.46 bits per heavy atom. The molecule has 1 saturated carbocycles. The first kappa shape index (κ1) is 18.9. The first-order chi connectivity index (χ1) is 13.0. The predicted molar refractivity (Wildman–Crippen MR) is 93.2 cm³/mol. The van der Waals surface area contributed by atoms with Gasteiger partial charge in [0, 0.05) is 13.1 Å². The third-order valence-electron chi connectivity index (χ3n) is 5.56. The molecule has 1 aliphatic heterocycles. The fourth-order valence-corrected chi connectivity index (χ4v) is 3.57. The second kappa shape index (κ2) is 6.04. The molecule has 2 fully saturated rings. The van der Waals surface area contributed by atoms with E-state index >= 15 is 0 Å². The molecule has 4 rings (SSSR count). The Kier molecular flexibility index (Phi) is 4.08. The van der Waals surface area contributed by atoms with Crippen molar-refractivity contribution in [2.24, 2.45) is 0 Å². The Balaban J connectivity index is 1.46. The molecule has 9 heteroatoms. The van der Waals surface area contributed by atoms with Crippen molar-refractivity contribution in [3.05, 3.63) is 47.3 Å². The third-order valence-corrected chi connectivity index (χ3v) is 5.56. The van der Waals surface area contributed by atoms with Gasteiger partial charge in [-0.05, 0) is 38.3 Å². The number of likely N-dealkylation sites (tertiary alicyclic amines) is 1. The number of carbonyl (C=O) groups is 1. The maximum absolute atomic E-state index is 13.0. The predicted octanol–water partition coefficient (Wildman–Crippen LogP) is 2.64. The number of halogens is 3. The van der Waals surface area contributed by atoms with E-state index < -0.39 is 22.8 Å². The quantitative estimate of drug-likeness (QED) is 0.866. The Morgan fingerprint density at radius 2 is 1.93 bits per heavy atom. The molecule has 0 atom stereocenters. The van der Waals surface area contributed by atoms with Gasteiger partial charge in [0.15, 0.2) is 0 Å². The van der Waals surface area contributed by atoms with Crippen LogP contribution in [0.5, 0.6) is 0 Å². The Morgan fingerprint density at radius 1 is 1.25 bits per heavy atom. The third kappa shape index (κ3) is 3.17. The van der Waals surface area contributed by atoms with Crippen LogP contribution < -0.4 is 0 Å². The normalized spacial score (nSPS) is 19.4. The van der Waals surface area contributed by atoms with Crippen LogP contribution in [0, 0.1) is 0 Å². The minimum atomic E-state index is -4.43. The molecule has 1 N–H and O–H groups in total. The van der Waals surface area contributed by atoms with Gasteiger partial charge in [-0.25, -0.2) is 4.68 Å². The fourth-order valence-electron chi connectivity index (χ4n) is 3.57. The molecule has 2 aromatic rings. The van der Waals surface area contributed by atoms with Crippen LogP contribution >= 0.6 is 0 Å². The van der Waals surface area contributed by atoms with Gasteiger partial charge in [0.2, 0.25) is 5.91 Å². The summed E-state index contributed by atoms with van der Waals surface area (Å²) in [4.78, 5) is 14.6. The molecule has 6 nitrogen and oxygen atoms in total. The standard InChI is InChI=1S/C19H21F3N4O2/c1-17(2,28)15-11-26(24-23-15)14-9-25(10-14)16(27)18(6-7-18)12-4-3-5-13(8-12)19(20,21)22/h3-5,8,11,14,28H,6-7,9-10H2,1-2H3. The van der Waals surface area contributed by atoms with Crippen molar-refractivity contribution in [1.29, 1.82) is 0 Å². The smallest absolute Gasteiger partial charge is 0.384 e. The number of amides is 1. The molecule has 1 aromatic carbocycles. The highest BCUT2D eigenvalue weighted by molar-refractivity contribution is 5.92. The van der Waals surface area contributed by atoms with E-state index in [1.54, 1.807) is 35.7 Å². The van der Waals surface area contributed by atoms with Gasteiger partial charge in [-0.3, -0.25) is 4.79 Å². The lowest BCUT2D eigenvalue weighted by atomic mass is 9.91. The lowest BCUT2D eigenvalue weighted by molar-refractivity contribution is -0.141. The minimum Gasteiger partial charge on any atom is -0.384 e. The summed E-state index contributed by atoms with van der Waals surface area (Å²) in [6, 6.07) is 5.02. The van der Waals surface area contributed by atoms with Crippen LogP contribution in [0.25, 0.3) is 0 Å². The zero-order chi connectivity index (χ0) is 20.3. The summed E-state index contributed by atoms with van der Waals surface area (Å²) in [7, 11) is 0. The van der Waals surface area contributed by atoms with Crippen LogP contribution in [-0.2, 0) is 22.0 Å².